The molecule has 3 N–H and O–H groups in total. The zero-order valence-corrected chi connectivity index (χ0v) is 10.4. The summed E-state index contributed by atoms with van der Waals surface area (Å²) < 4.78 is 0. The summed E-state index contributed by atoms with van der Waals surface area (Å²) in [7, 11) is 0. The highest BCUT2D eigenvalue weighted by Gasteiger charge is 2.61. The minimum atomic E-state index is -0.873. The molecule has 2 saturated carbocycles. The van der Waals surface area contributed by atoms with Gasteiger partial charge in [-0.05, 0) is 42.4 Å². The molecule has 4 atom stereocenters. The van der Waals surface area contributed by atoms with Crippen molar-refractivity contribution in [3.63, 3.8) is 0 Å². The molecule has 2 aliphatic rings. The summed E-state index contributed by atoms with van der Waals surface area (Å²) in [6, 6.07) is 3.62. The Morgan fingerprint density at radius 2 is 2.06 bits per heavy atom. The van der Waals surface area contributed by atoms with Crippen LogP contribution in [0.15, 0.2) is 18.3 Å². The van der Waals surface area contributed by atoms with Gasteiger partial charge in [-0.2, -0.15) is 5.10 Å². The molecule has 1 aromatic carbocycles. The first kappa shape index (κ1) is 10.8. The molecule has 4 nitrogen and oxygen atoms in total. The number of aliphatic hydroxyl groups excluding tert-OH is 1. The molecule has 0 bridgehead atoms. The molecular weight excluding hydrogens is 252 g/mol. The number of rotatable bonds is 1. The first-order valence-electron chi connectivity index (χ1n) is 6.12. The van der Waals surface area contributed by atoms with Gasteiger partial charge in [0.05, 0.1) is 23.4 Å². The Labute approximate surface area is 109 Å². The first-order valence-corrected chi connectivity index (χ1v) is 6.50. The third-order valence-corrected chi connectivity index (χ3v) is 4.68. The Bertz CT molecular complexity index is 627. The molecule has 1 heterocycles. The van der Waals surface area contributed by atoms with Crippen molar-refractivity contribution in [2.45, 2.75) is 24.5 Å². The van der Waals surface area contributed by atoms with E-state index in [9.17, 15) is 10.2 Å². The third kappa shape index (κ3) is 1.31. The molecule has 5 heteroatoms. The van der Waals surface area contributed by atoms with E-state index < -0.39 is 5.60 Å². The number of aromatic amines is 1. The van der Waals surface area contributed by atoms with Gasteiger partial charge in [0.15, 0.2) is 0 Å². The number of nitrogens with zero attached hydrogens (tertiary/aromatic N) is 1. The lowest BCUT2D eigenvalue weighted by Crippen LogP contribution is -2.25. The number of aromatic nitrogens is 2. The zero-order chi connectivity index (χ0) is 12.5. The van der Waals surface area contributed by atoms with Crippen molar-refractivity contribution in [2.24, 2.45) is 11.8 Å². The van der Waals surface area contributed by atoms with Gasteiger partial charge in [-0.15, -0.1) is 0 Å². The first-order chi connectivity index (χ1) is 8.58. The maximum atomic E-state index is 10.8. The summed E-state index contributed by atoms with van der Waals surface area (Å²) in [5.41, 5.74) is 0.798. The fourth-order valence-electron chi connectivity index (χ4n) is 3.45. The second-order valence-corrected chi connectivity index (χ2v) is 5.98. The number of aliphatic hydroxyl groups is 2. The number of H-pyrrole nitrogens is 1. The molecular formula is C13H13ClN2O2. The Hall–Kier alpha value is -1.10. The maximum Gasteiger partial charge on any atom is 0.0911 e. The van der Waals surface area contributed by atoms with E-state index in [2.05, 4.69) is 10.2 Å². The monoisotopic (exact) mass is 264 g/mol. The maximum absolute atomic E-state index is 10.8. The van der Waals surface area contributed by atoms with Gasteiger partial charge in [0.25, 0.3) is 0 Å². The summed E-state index contributed by atoms with van der Waals surface area (Å²) in [4.78, 5) is 0. The average molecular weight is 265 g/mol. The number of nitrogens with one attached hydrogen (secondary N) is 1. The van der Waals surface area contributed by atoms with E-state index in [1.54, 1.807) is 12.3 Å². The van der Waals surface area contributed by atoms with Crippen LogP contribution in [0, 0.1) is 11.8 Å². The molecule has 2 aromatic rings. The van der Waals surface area contributed by atoms with E-state index >= 15 is 0 Å². The van der Waals surface area contributed by atoms with Gasteiger partial charge in [0, 0.05) is 10.4 Å². The van der Waals surface area contributed by atoms with E-state index in [4.69, 9.17) is 11.6 Å². The average Bonchev–Trinajstić information content (AvgIpc) is 2.77. The summed E-state index contributed by atoms with van der Waals surface area (Å²) in [6.45, 7) is 0. The Morgan fingerprint density at radius 1 is 1.33 bits per heavy atom. The minimum Gasteiger partial charge on any atom is -0.393 e. The van der Waals surface area contributed by atoms with Crippen molar-refractivity contribution in [3.8, 4) is 0 Å². The molecule has 2 fully saturated rings. The highest BCUT2D eigenvalue weighted by molar-refractivity contribution is 6.31. The lowest BCUT2D eigenvalue weighted by atomic mass is 9.86. The highest BCUT2D eigenvalue weighted by atomic mass is 35.5. The number of fused-ring (bicyclic) bond motifs is 2. The molecule has 0 saturated heterocycles. The van der Waals surface area contributed by atoms with Crippen molar-refractivity contribution in [2.75, 3.05) is 0 Å². The highest BCUT2D eigenvalue weighted by Crippen LogP contribution is 2.60. The van der Waals surface area contributed by atoms with E-state index in [0.717, 1.165) is 16.5 Å². The molecule has 2 unspecified atom stereocenters. The Morgan fingerprint density at radius 3 is 2.78 bits per heavy atom. The van der Waals surface area contributed by atoms with Crippen molar-refractivity contribution in [1.29, 1.82) is 0 Å². The lowest BCUT2D eigenvalue weighted by Gasteiger charge is -2.26. The van der Waals surface area contributed by atoms with Gasteiger partial charge in [-0.1, -0.05) is 11.6 Å². The van der Waals surface area contributed by atoms with Gasteiger partial charge < -0.3 is 10.2 Å². The molecule has 1 aromatic heterocycles. The quantitative estimate of drug-likeness (QED) is 0.736. The predicted molar refractivity (Wildman–Crippen MR) is 67.2 cm³/mol. The summed E-state index contributed by atoms with van der Waals surface area (Å²) in [5, 5.41) is 28.8. The van der Waals surface area contributed by atoms with E-state index in [1.165, 1.54) is 0 Å². The molecule has 94 valence electrons. The standard InChI is InChI=1S/C13H13ClN2O2/c14-6-1-10(9-5-15-16-11(9)2-6)13(18)3-7-8(4-13)12(7)17/h1-2,5,7-8,12,17-18H,3-4H2,(H,15,16)/t7-,8+,12?,13?. The van der Waals surface area contributed by atoms with E-state index in [-0.39, 0.29) is 17.9 Å². The van der Waals surface area contributed by atoms with Crippen molar-refractivity contribution in [1.82, 2.24) is 10.2 Å². The van der Waals surface area contributed by atoms with Crippen LogP contribution in [-0.4, -0.2) is 26.5 Å². The van der Waals surface area contributed by atoms with E-state index in [1.807, 2.05) is 6.07 Å². The fraction of sp³-hybridized carbons (Fsp3) is 0.462. The summed E-state index contributed by atoms with van der Waals surface area (Å²) in [6.07, 6.45) is 2.72. The van der Waals surface area contributed by atoms with Crippen molar-refractivity contribution < 1.29 is 10.2 Å². The summed E-state index contributed by atoms with van der Waals surface area (Å²) >= 11 is 6.09. The Kier molecular flexibility index (Phi) is 1.95. The van der Waals surface area contributed by atoms with Crippen LogP contribution < -0.4 is 0 Å². The van der Waals surface area contributed by atoms with Crippen LogP contribution >= 0.6 is 11.6 Å². The van der Waals surface area contributed by atoms with Gasteiger partial charge in [0.2, 0.25) is 0 Å². The molecule has 0 spiro atoms. The smallest absolute Gasteiger partial charge is 0.0911 e. The van der Waals surface area contributed by atoms with Gasteiger partial charge in [0.1, 0.15) is 0 Å². The normalized spacial score (nSPS) is 38.1. The van der Waals surface area contributed by atoms with Crippen LogP contribution in [0.5, 0.6) is 0 Å². The van der Waals surface area contributed by atoms with Gasteiger partial charge >= 0.3 is 0 Å². The second kappa shape index (κ2) is 3.26. The SMILES string of the molecule is OC1[C@H]2CC(O)(c3cc(Cl)cc4[nH]ncc34)C[C@@H]12. The third-order valence-electron chi connectivity index (χ3n) is 4.46. The van der Waals surface area contributed by atoms with Crippen LogP contribution in [0.3, 0.4) is 0 Å². The largest absolute Gasteiger partial charge is 0.393 e. The molecule has 0 amide bonds. The molecule has 0 radical (unpaired) electrons. The van der Waals surface area contributed by atoms with Gasteiger partial charge in [-0.3, -0.25) is 5.10 Å². The van der Waals surface area contributed by atoms with Crippen LogP contribution in [0.2, 0.25) is 5.02 Å². The molecule has 2 aliphatic carbocycles. The van der Waals surface area contributed by atoms with Crippen LogP contribution in [-0.2, 0) is 5.60 Å². The fourth-order valence-corrected chi connectivity index (χ4v) is 3.67. The number of halogens is 1. The zero-order valence-electron chi connectivity index (χ0n) is 9.60. The molecule has 0 aliphatic heterocycles. The molecule has 4 rings (SSSR count). The van der Waals surface area contributed by atoms with Crippen LogP contribution in [0.1, 0.15) is 18.4 Å². The number of hydrogen-bond donors (Lipinski definition) is 3. The van der Waals surface area contributed by atoms with Gasteiger partial charge in [-0.25, -0.2) is 0 Å². The predicted octanol–water partition coefficient (Wildman–Crippen LogP) is 1.80. The Balaban J connectivity index is 1.85. The van der Waals surface area contributed by atoms with Crippen molar-refractivity contribution >= 4 is 22.5 Å². The van der Waals surface area contributed by atoms with Crippen LogP contribution in [0.4, 0.5) is 0 Å². The topological polar surface area (TPSA) is 69.1 Å². The van der Waals surface area contributed by atoms with E-state index in [0.29, 0.717) is 17.9 Å². The second-order valence-electron chi connectivity index (χ2n) is 5.54. The summed E-state index contributed by atoms with van der Waals surface area (Å²) in [5.74, 6) is 0.492. The lowest BCUT2D eigenvalue weighted by molar-refractivity contribution is 0.0174. The number of hydrogen-bond acceptors (Lipinski definition) is 3. The molecule has 18 heavy (non-hydrogen) atoms. The van der Waals surface area contributed by atoms with Crippen LogP contribution in [0.25, 0.3) is 10.9 Å². The number of benzene rings is 1. The minimum absolute atomic E-state index is 0.218. The van der Waals surface area contributed by atoms with Crippen molar-refractivity contribution in [3.05, 3.63) is 28.9 Å².